The largest absolute Gasteiger partial charge is 0.493 e. The predicted octanol–water partition coefficient (Wildman–Crippen LogP) is 0.779. The maximum atomic E-state index is 15.3. The van der Waals surface area contributed by atoms with Gasteiger partial charge in [0.1, 0.15) is 36.2 Å². The summed E-state index contributed by atoms with van der Waals surface area (Å²) in [6.45, 7) is 2.46. The molecule has 3 fully saturated rings. The molecule has 14 heteroatoms. The Bertz CT molecular complexity index is 1260. The van der Waals surface area contributed by atoms with Gasteiger partial charge in [-0.05, 0) is 44.1 Å². The number of benzene rings is 1. The van der Waals surface area contributed by atoms with Crippen LogP contribution >= 0.6 is 11.6 Å². The van der Waals surface area contributed by atoms with Gasteiger partial charge in [0.15, 0.2) is 0 Å². The van der Waals surface area contributed by atoms with E-state index in [0.717, 1.165) is 45.1 Å². The summed E-state index contributed by atoms with van der Waals surface area (Å²) in [5, 5.41) is 49.5. The van der Waals surface area contributed by atoms with Crippen LogP contribution in [0.15, 0.2) is 30.6 Å². The standard InChI is InChI=1S/C31H43ClFN5O7/c32-20-14-34-31(35-15-20)36-7-5-19(6-8-36)2-1-11-45-21-3-4-22(23(33)12-21)26(17-39)38-10-9-37(24-13-25(24)38)16-27(41)29(43)30(44)28(42)18-40/h3-4,12,14-15,17,19,24-30,40-44H,1-2,5-11,13,16,18H2/t24?,25?,26?,27-,28+,29+,30+/m0/s1. The van der Waals surface area contributed by atoms with Gasteiger partial charge in [-0.25, -0.2) is 14.4 Å². The summed E-state index contributed by atoms with van der Waals surface area (Å²) in [4.78, 5) is 26.9. The smallest absolute Gasteiger partial charge is 0.225 e. The summed E-state index contributed by atoms with van der Waals surface area (Å²) >= 11 is 5.88. The van der Waals surface area contributed by atoms with E-state index in [0.29, 0.717) is 48.8 Å². The number of carbonyl (C=O) groups is 1. The third-order valence-corrected chi connectivity index (χ3v) is 9.51. The zero-order valence-electron chi connectivity index (χ0n) is 25.1. The fourth-order valence-electron chi connectivity index (χ4n) is 6.60. The molecule has 3 heterocycles. The van der Waals surface area contributed by atoms with Crippen molar-refractivity contribution in [2.75, 3.05) is 50.8 Å². The summed E-state index contributed by atoms with van der Waals surface area (Å²) in [7, 11) is 0. The molecule has 1 aromatic carbocycles. The van der Waals surface area contributed by atoms with E-state index >= 15 is 4.39 Å². The van der Waals surface area contributed by atoms with Crippen LogP contribution in [0.1, 0.15) is 43.7 Å². The Kier molecular flexibility index (Phi) is 11.6. The number of carbonyl (C=O) groups excluding carboxylic acids is 1. The van der Waals surface area contributed by atoms with Gasteiger partial charge in [0, 0.05) is 56.4 Å². The van der Waals surface area contributed by atoms with E-state index in [9.17, 15) is 25.2 Å². The topological polar surface area (TPSA) is 163 Å². The number of hydrogen-bond donors (Lipinski definition) is 5. The number of ether oxygens (including phenoxy) is 1. The van der Waals surface area contributed by atoms with E-state index in [-0.39, 0.29) is 24.2 Å². The molecule has 5 rings (SSSR count). The number of hydrogen-bond acceptors (Lipinski definition) is 12. The molecule has 2 saturated heterocycles. The summed E-state index contributed by atoms with van der Waals surface area (Å²) in [6.07, 6.45) is 2.41. The Morgan fingerprint density at radius 1 is 1.02 bits per heavy atom. The number of rotatable bonds is 15. The lowest BCUT2D eigenvalue weighted by Crippen LogP contribution is -2.54. The fourth-order valence-corrected chi connectivity index (χ4v) is 6.69. The van der Waals surface area contributed by atoms with Gasteiger partial charge in [0.05, 0.1) is 42.8 Å². The van der Waals surface area contributed by atoms with Crippen LogP contribution in [0.25, 0.3) is 0 Å². The van der Waals surface area contributed by atoms with Crippen molar-refractivity contribution < 1.29 is 39.5 Å². The number of anilines is 1. The second kappa shape index (κ2) is 15.4. The first-order valence-corrected chi connectivity index (χ1v) is 16.0. The molecule has 3 unspecified atom stereocenters. The highest BCUT2D eigenvalue weighted by Crippen LogP contribution is 2.41. The number of β-amino-alcohol motifs (C(OH)–C–C–N with tert-alkyl or cyclic N) is 1. The molecule has 1 saturated carbocycles. The molecule has 0 amide bonds. The highest BCUT2D eigenvalue weighted by molar-refractivity contribution is 6.30. The minimum absolute atomic E-state index is 0.00614. The van der Waals surface area contributed by atoms with Gasteiger partial charge in [-0.15, -0.1) is 0 Å². The SMILES string of the molecule is O=CC(c1ccc(OCCCC2CCN(c3ncc(Cl)cn3)CC2)cc1F)N1CCN(C[C@H](O)[C@@H](O)[C@H](O)[C@H](O)CO)C2CC21. The molecular weight excluding hydrogens is 609 g/mol. The Labute approximate surface area is 267 Å². The lowest BCUT2D eigenvalue weighted by molar-refractivity contribution is -0.122. The Balaban J connectivity index is 1.05. The van der Waals surface area contributed by atoms with Crippen LogP contribution in [0.3, 0.4) is 0 Å². The average Bonchev–Trinajstić information content (AvgIpc) is 3.86. The van der Waals surface area contributed by atoms with Crippen molar-refractivity contribution >= 4 is 23.8 Å². The number of aliphatic hydroxyl groups is 5. The number of aromatic nitrogens is 2. The summed E-state index contributed by atoms with van der Waals surface area (Å²) in [5.74, 6) is 1.20. The molecule has 12 nitrogen and oxygen atoms in total. The molecule has 7 atom stereocenters. The monoisotopic (exact) mass is 651 g/mol. The van der Waals surface area contributed by atoms with E-state index < -0.39 is 42.9 Å². The van der Waals surface area contributed by atoms with Crippen LogP contribution in [-0.4, -0.2) is 134 Å². The second-order valence-corrected chi connectivity index (χ2v) is 12.7. The Morgan fingerprint density at radius 2 is 1.73 bits per heavy atom. The quantitative estimate of drug-likeness (QED) is 0.136. The average molecular weight is 652 g/mol. The van der Waals surface area contributed by atoms with Crippen molar-refractivity contribution in [3.05, 3.63) is 47.0 Å². The van der Waals surface area contributed by atoms with E-state index in [1.54, 1.807) is 24.5 Å². The molecule has 0 radical (unpaired) electrons. The molecule has 1 aliphatic carbocycles. The molecule has 0 bridgehead atoms. The van der Waals surface area contributed by atoms with Crippen LogP contribution in [-0.2, 0) is 4.79 Å². The summed E-state index contributed by atoms with van der Waals surface area (Å²) < 4.78 is 21.1. The van der Waals surface area contributed by atoms with E-state index in [1.807, 2.05) is 9.80 Å². The van der Waals surface area contributed by atoms with Gasteiger partial charge in [0.2, 0.25) is 5.95 Å². The molecule has 2 aromatic rings. The first-order chi connectivity index (χ1) is 21.7. The molecular formula is C31H43ClFN5O7. The van der Waals surface area contributed by atoms with Crippen LogP contribution in [0, 0.1) is 11.7 Å². The number of piperidine rings is 1. The number of aliphatic hydroxyl groups excluding tert-OH is 5. The maximum absolute atomic E-state index is 15.3. The van der Waals surface area contributed by atoms with E-state index in [4.69, 9.17) is 21.4 Å². The van der Waals surface area contributed by atoms with Gasteiger partial charge in [-0.3, -0.25) is 9.80 Å². The highest BCUT2D eigenvalue weighted by Gasteiger charge is 2.51. The number of piperazine rings is 1. The molecule has 3 aliphatic rings. The van der Waals surface area contributed by atoms with Crippen LogP contribution in [0.2, 0.25) is 5.02 Å². The van der Waals surface area contributed by atoms with Crippen molar-refractivity contribution in [3.63, 3.8) is 0 Å². The van der Waals surface area contributed by atoms with Gasteiger partial charge in [0.25, 0.3) is 0 Å². The van der Waals surface area contributed by atoms with Crippen LogP contribution in [0.5, 0.6) is 5.75 Å². The van der Waals surface area contributed by atoms with Crippen LogP contribution in [0.4, 0.5) is 10.3 Å². The number of halogens is 2. The first kappa shape index (κ1) is 33.9. The third kappa shape index (κ3) is 8.27. The number of fused-ring (bicyclic) bond motifs is 1. The fraction of sp³-hybridized carbons (Fsp3) is 0.645. The molecule has 248 valence electrons. The zero-order valence-corrected chi connectivity index (χ0v) is 25.9. The van der Waals surface area contributed by atoms with Crippen molar-refractivity contribution in [3.8, 4) is 5.75 Å². The Morgan fingerprint density at radius 3 is 2.40 bits per heavy atom. The van der Waals surface area contributed by atoms with Gasteiger partial charge < -0.3 is 40.0 Å². The third-order valence-electron chi connectivity index (χ3n) is 9.32. The number of nitrogens with zero attached hydrogens (tertiary/aromatic N) is 5. The van der Waals surface area contributed by atoms with Crippen molar-refractivity contribution in [1.29, 1.82) is 0 Å². The summed E-state index contributed by atoms with van der Waals surface area (Å²) in [6, 6.07) is 3.86. The Hall–Kier alpha value is -2.49. The van der Waals surface area contributed by atoms with Crippen molar-refractivity contribution in [1.82, 2.24) is 19.8 Å². The lowest BCUT2D eigenvalue weighted by atomic mass is 9.92. The second-order valence-electron chi connectivity index (χ2n) is 12.3. The molecule has 2 aliphatic heterocycles. The van der Waals surface area contributed by atoms with E-state index in [1.165, 1.54) is 6.07 Å². The van der Waals surface area contributed by atoms with Gasteiger partial charge >= 0.3 is 0 Å². The number of aldehydes is 1. The minimum atomic E-state index is -1.68. The first-order valence-electron chi connectivity index (χ1n) is 15.6. The van der Waals surface area contributed by atoms with Gasteiger partial charge in [-0.2, -0.15) is 0 Å². The lowest BCUT2D eigenvalue weighted by Gasteiger charge is -2.38. The van der Waals surface area contributed by atoms with Crippen LogP contribution < -0.4 is 9.64 Å². The highest BCUT2D eigenvalue weighted by atomic mass is 35.5. The molecule has 0 spiro atoms. The van der Waals surface area contributed by atoms with Gasteiger partial charge in [-0.1, -0.05) is 17.7 Å². The van der Waals surface area contributed by atoms with Crippen molar-refractivity contribution in [2.45, 2.75) is 74.6 Å². The zero-order chi connectivity index (χ0) is 32.1. The normalized spacial score (nSPS) is 24.4. The molecule has 1 aromatic heterocycles. The molecule has 5 N–H and O–H groups in total. The van der Waals surface area contributed by atoms with Crippen molar-refractivity contribution in [2.24, 2.45) is 5.92 Å². The molecule has 45 heavy (non-hydrogen) atoms. The maximum Gasteiger partial charge on any atom is 0.225 e. The predicted molar refractivity (Wildman–Crippen MR) is 163 cm³/mol. The van der Waals surface area contributed by atoms with E-state index in [2.05, 4.69) is 14.9 Å². The summed E-state index contributed by atoms with van der Waals surface area (Å²) in [5.41, 5.74) is 0.282. The minimum Gasteiger partial charge on any atom is -0.493 e.